The van der Waals surface area contributed by atoms with Gasteiger partial charge in [0.25, 0.3) is 0 Å². The van der Waals surface area contributed by atoms with Crippen LogP contribution < -0.4 is 9.80 Å². The number of aromatic nitrogens is 2. The Kier molecular flexibility index (Phi) is 10.5. The highest BCUT2D eigenvalue weighted by molar-refractivity contribution is 5.84. The average Bonchev–Trinajstić information content (AvgIpc) is 3.61. The largest absolute Gasteiger partial charge is 0.302 e. The maximum absolute atomic E-state index is 5.34. The van der Waals surface area contributed by atoms with Crippen molar-refractivity contribution in [2.24, 2.45) is 0 Å². The molecule has 2 atom stereocenters. The van der Waals surface area contributed by atoms with Gasteiger partial charge < -0.3 is 9.80 Å². The van der Waals surface area contributed by atoms with Crippen LogP contribution in [0.25, 0.3) is 0 Å². The number of rotatable bonds is 7. The van der Waals surface area contributed by atoms with Crippen LogP contribution in [0.5, 0.6) is 0 Å². The van der Waals surface area contributed by atoms with E-state index in [-0.39, 0.29) is 11.6 Å². The van der Waals surface area contributed by atoms with Crippen molar-refractivity contribution >= 4 is 23.0 Å². The minimum Gasteiger partial charge on any atom is -0.302 e. The first-order valence-corrected chi connectivity index (χ1v) is 14.7. The van der Waals surface area contributed by atoms with Gasteiger partial charge in [0.2, 0.25) is 0 Å². The van der Waals surface area contributed by atoms with E-state index in [1.807, 2.05) is 20.0 Å². The molecule has 204 valence electrons. The second-order valence-electron chi connectivity index (χ2n) is 10.3. The van der Waals surface area contributed by atoms with E-state index in [0.717, 1.165) is 29.4 Å². The molecule has 1 aliphatic carbocycles. The van der Waals surface area contributed by atoms with E-state index in [1.165, 1.54) is 49.8 Å². The first-order valence-electron chi connectivity index (χ1n) is 14.7. The van der Waals surface area contributed by atoms with Gasteiger partial charge in [-0.1, -0.05) is 90.3 Å². The third-order valence-corrected chi connectivity index (χ3v) is 8.16. The molecule has 2 aromatic carbocycles. The molecule has 0 saturated heterocycles. The monoisotopic (exact) mass is 512 g/mol. The Morgan fingerprint density at radius 2 is 1.53 bits per heavy atom. The van der Waals surface area contributed by atoms with Crippen LogP contribution in [-0.2, 0) is 5.41 Å². The zero-order valence-electron chi connectivity index (χ0n) is 24.6. The van der Waals surface area contributed by atoms with Crippen molar-refractivity contribution in [3.05, 3.63) is 85.2 Å². The highest BCUT2D eigenvalue weighted by Gasteiger charge is 2.40. The molecule has 2 heterocycles. The number of fused-ring (bicyclic) bond motifs is 1. The molecule has 0 bridgehead atoms. The van der Waals surface area contributed by atoms with Gasteiger partial charge in [0.1, 0.15) is 6.17 Å². The predicted octanol–water partition coefficient (Wildman–Crippen LogP) is 10.1. The van der Waals surface area contributed by atoms with Crippen molar-refractivity contribution in [3.63, 3.8) is 0 Å². The smallest absolute Gasteiger partial charge is 0.178 e. The number of benzene rings is 2. The lowest BCUT2D eigenvalue weighted by Crippen LogP contribution is -2.37. The molecule has 38 heavy (non-hydrogen) atoms. The van der Waals surface area contributed by atoms with Gasteiger partial charge in [0.15, 0.2) is 11.6 Å². The Morgan fingerprint density at radius 1 is 0.895 bits per heavy atom. The van der Waals surface area contributed by atoms with Crippen LogP contribution in [-0.4, -0.2) is 16.1 Å². The Labute approximate surface area is 231 Å². The molecule has 2 unspecified atom stereocenters. The highest BCUT2D eigenvalue weighted by atomic mass is 15.5. The Hall–Kier alpha value is -3.14. The van der Waals surface area contributed by atoms with Crippen molar-refractivity contribution < 1.29 is 0 Å². The summed E-state index contributed by atoms with van der Waals surface area (Å²) in [6.45, 7) is 19.3. The van der Waals surface area contributed by atoms with Crippen molar-refractivity contribution in [2.75, 3.05) is 9.80 Å². The summed E-state index contributed by atoms with van der Waals surface area (Å²) in [5, 5.41) is 0. The fraction of sp³-hybridized carbons (Fsp3) is 0.471. The minimum atomic E-state index is 0.0834. The third-order valence-electron chi connectivity index (χ3n) is 8.16. The van der Waals surface area contributed by atoms with Crippen molar-refractivity contribution in [2.45, 2.75) is 104 Å². The molecule has 0 amide bonds. The Bertz CT molecular complexity index is 1140. The maximum Gasteiger partial charge on any atom is 0.178 e. The van der Waals surface area contributed by atoms with Crippen LogP contribution in [0.3, 0.4) is 0 Å². The predicted molar refractivity (Wildman–Crippen MR) is 165 cm³/mol. The summed E-state index contributed by atoms with van der Waals surface area (Å²) in [4.78, 5) is 15.2. The summed E-state index contributed by atoms with van der Waals surface area (Å²) in [6.07, 6.45) is 10.6. The minimum absolute atomic E-state index is 0.0834. The summed E-state index contributed by atoms with van der Waals surface area (Å²) in [5.74, 6) is 2.50. The highest BCUT2D eigenvalue weighted by Crippen LogP contribution is 2.49. The van der Waals surface area contributed by atoms with Crippen molar-refractivity contribution in [1.82, 2.24) is 9.97 Å². The van der Waals surface area contributed by atoms with Gasteiger partial charge in [-0.3, -0.25) is 0 Å². The van der Waals surface area contributed by atoms with Crippen LogP contribution in [0.1, 0.15) is 104 Å². The second-order valence-corrected chi connectivity index (χ2v) is 10.3. The van der Waals surface area contributed by atoms with E-state index in [1.54, 1.807) is 0 Å². The van der Waals surface area contributed by atoms with Crippen LogP contribution >= 0.6 is 0 Å². The molecule has 0 spiro atoms. The fourth-order valence-corrected chi connectivity index (χ4v) is 6.10. The van der Waals surface area contributed by atoms with Gasteiger partial charge in [0.05, 0.1) is 11.9 Å². The summed E-state index contributed by atoms with van der Waals surface area (Å²) >= 11 is 0. The topological polar surface area (TPSA) is 32.3 Å². The van der Waals surface area contributed by atoms with Gasteiger partial charge in [-0.25, -0.2) is 9.97 Å². The zero-order chi connectivity index (χ0) is 27.7. The molecule has 5 rings (SSSR count). The summed E-state index contributed by atoms with van der Waals surface area (Å²) in [7, 11) is 0. The molecule has 4 nitrogen and oxygen atoms in total. The SMILES string of the molecule is C=C.CC.CCCC(C)(CC)c1ccccc1N1c2nc(C3CCCC3)cnc2N(c2ccccc2)C1C. The van der Waals surface area contributed by atoms with E-state index in [4.69, 9.17) is 9.97 Å². The van der Waals surface area contributed by atoms with Crippen molar-refractivity contribution in [1.29, 1.82) is 0 Å². The van der Waals surface area contributed by atoms with E-state index < -0.39 is 0 Å². The molecular formula is C34H48N4. The van der Waals surface area contributed by atoms with Crippen LogP contribution in [0.2, 0.25) is 0 Å². The number of hydrogen-bond donors (Lipinski definition) is 0. The van der Waals surface area contributed by atoms with E-state index in [9.17, 15) is 0 Å². The van der Waals surface area contributed by atoms with Crippen LogP contribution in [0.4, 0.5) is 23.0 Å². The summed E-state index contributed by atoms with van der Waals surface area (Å²) < 4.78 is 0. The zero-order valence-corrected chi connectivity index (χ0v) is 24.6. The molecule has 1 saturated carbocycles. The molecule has 2 aliphatic rings. The Morgan fingerprint density at radius 3 is 2.16 bits per heavy atom. The Balaban J connectivity index is 0.000000956. The van der Waals surface area contributed by atoms with Crippen LogP contribution in [0, 0.1) is 0 Å². The molecule has 1 aliphatic heterocycles. The number of nitrogens with zero attached hydrogens (tertiary/aromatic N) is 4. The van der Waals surface area contributed by atoms with Gasteiger partial charge in [-0.05, 0) is 61.8 Å². The van der Waals surface area contributed by atoms with E-state index >= 15 is 0 Å². The molecule has 1 aromatic heterocycles. The van der Waals surface area contributed by atoms with Gasteiger partial charge in [0, 0.05) is 17.3 Å². The second kappa shape index (κ2) is 13.6. The first kappa shape index (κ1) is 29.4. The lowest BCUT2D eigenvalue weighted by Gasteiger charge is -2.36. The lowest BCUT2D eigenvalue weighted by molar-refractivity contribution is 0.414. The normalized spacial score (nSPS) is 18.1. The molecule has 3 aromatic rings. The van der Waals surface area contributed by atoms with E-state index in [0.29, 0.717) is 5.92 Å². The van der Waals surface area contributed by atoms with Gasteiger partial charge in [-0.15, -0.1) is 13.2 Å². The summed E-state index contributed by atoms with van der Waals surface area (Å²) in [5.41, 5.74) is 5.13. The molecule has 4 heteroatoms. The molecule has 1 fully saturated rings. The van der Waals surface area contributed by atoms with Gasteiger partial charge >= 0.3 is 0 Å². The lowest BCUT2D eigenvalue weighted by atomic mass is 9.75. The fourth-order valence-electron chi connectivity index (χ4n) is 6.10. The molecular weight excluding hydrogens is 464 g/mol. The van der Waals surface area contributed by atoms with Gasteiger partial charge in [-0.2, -0.15) is 0 Å². The molecule has 0 radical (unpaired) electrons. The van der Waals surface area contributed by atoms with E-state index in [2.05, 4.69) is 105 Å². The van der Waals surface area contributed by atoms with Crippen LogP contribution in [0.15, 0.2) is 74.0 Å². The quantitative estimate of drug-likeness (QED) is 0.295. The number of para-hydroxylation sites is 2. The maximum atomic E-state index is 5.34. The first-order chi connectivity index (χ1) is 18.6. The number of anilines is 4. The average molecular weight is 513 g/mol. The summed E-state index contributed by atoms with van der Waals surface area (Å²) in [6, 6.07) is 19.6. The number of hydrogen-bond acceptors (Lipinski definition) is 4. The standard InChI is InChI=1S/C30H38N4.C2H6.C2H4/c1-5-20-30(4,6-2)25-18-12-13-19-27(25)34-22(3)33(24-16-8-7-9-17-24)28-29(34)32-26(21-31-28)23-14-10-11-15-23;2*1-2/h7-9,12-13,16-19,21-23H,5-6,10-11,14-15,20H2,1-4H3;1-2H3;1-2H2. The molecule has 0 N–H and O–H groups in total. The van der Waals surface area contributed by atoms with Crippen molar-refractivity contribution in [3.8, 4) is 0 Å². The third kappa shape index (κ3) is 5.65.